The van der Waals surface area contributed by atoms with Crippen LogP contribution < -0.4 is 4.74 Å². The van der Waals surface area contributed by atoms with Crippen molar-refractivity contribution in [1.82, 2.24) is 0 Å². The van der Waals surface area contributed by atoms with Gasteiger partial charge in [0.25, 0.3) is 0 Å². The molecule has 0 bridgehead atoms. The summed E-state index contributed by atoms with van der Waals surface area (Å²) in [4.78, 5) is 12.4. The summed E-state index contributed by atoms with van der Waals surface area (Å²) in [7, 11) is 0. The number of nitrogens with zero attached hydrogens (tertiary/aromatic N) is 1. The standard InChI is InChI=1S/C19H17NO6/c20-9-11-1-3-12(4-2-11)16(22)13-5-7-14(8-6-13)26-18-17(23)15(21)10-25-19(18)24/h1-8,15,17-19,21,23-24H,10H2/t15-,17-,18-,19+/m1/s1. The zero-order chi connectivity index (χ0) is 18.7. The number of carbonyl (C=O) groups excluding carboxylic acids is 1. The van der Waals surface area contributed by atoms with E-state index in [0.717, 1.165) is 0 Å². The van der Waals surface area contributed by atoms with Gasteiger partial charge in [-0.1, -0.05) is 0 Å². The van der Waals surface area contributed by atoms with Gasteiger partial charge < -0.3 is 24.8 Å². The lowest BCUT2D eigenvalue weighted by Gasteiger charge is -2.35. The molecule has 2 aromatic rings. The zero-order valence-corrected chi connectivity index (χ0v) is 13.6. The van der Waals surface area contributed by atoms with Crippen molar-refractivity contribution >= 4 is 5.78 Å². The number of carbonyl (C=O) groups is 1. The SMILES string of the molecule is N#Cc1ccc(C(=O)c2ccc(O[C@@H]3[C@H](O)[C@H](O)CO[C@@H]3O)cc2)cc1. The quantitative estimate of drug-likeness (QED) is 0.687. The van der Waals surface area contributed by atoms with Crippen molar-refractivity contribution in [3.8, 4) is 11.8 Å². The monoisotopic (exact) mass is 355 g/mol. The van der Waals surface area contributed by atoms with E-state index in [-0.39, 0.29) is 12.4 Å². The van der Waals surface area contributed by atoms with E-state index in [2.05, 4.69) is 0 Å². The van der Waals surface area contributed by atoms with E-state index in [1.807, 2.05) is 6.07 Å². The van der Waals surface area contributed by atoms with E-state index in [1.54, 1.807) is 36.4 Å². The van der Waals surface area contributed by atoms with Gasteiger partial charge in [0, 0.05) is 11.1 Å². The Kier molecular flexibility index (Phi) is 5.30. The molecule has 3 rings (SSSR count). The lowest BCUT2D eigenvalue weighted by molar-refractivity contribution is -0.244. The van der Waals surface area contributed by atoms with Crippen LogP contribution in [-0.4, -0.2) is 52.3 Å². The number of benzene rings is 2. The second-order valence-electron chi connectivity index (χ2n) is 5.91. The van der Waals surface area contributed by atoms with Crippen molar-refractivity contribution in [1.29, 1.82) is 5.26 Å². The van der Waals surface area contributed by atoms with E-state index >= 15 is 0 Å². The Labute approximate surface area is 149 Å². The fourth-order valence-corrected chi connectivity index (χ4v) is 2.61. The Hall–Kier alpha value is -2.76. The highest BCUT2D eigenvalue weighted by molar-refractivity contribution is 6.09. The molecule has 0 aliphatic carbocycles. The molecule has 0 unspecified atom stereocenters. The predicted octanol–water partition coefficient (Wildman–Crippen LogP) is 0.607. The van der Waals surface area contributed by atoms with Crippen molar-refractivity contribution in [2.24, 2.45) is 0 Å². The van der Waals surface area contributed by atoms with Gasteiger partial charge in [0.05, 0.1) is 18.2 Å². The molecular weight excluding hydrogens is 338 g/mol. The molecule has 7 nitrogen and oxygen atoms in total. The third-order valence-electron chi connectivity index (χ3n) is 4.11. The molecule has 2 aromatic carbocycles. The average molecular weight is 355 g/mol. The van der Waals surface area contributed by atoms with Gasteiger partial charge in [-0.2, -0.15) is 5.26 Å². The van der Waals surface area contributed by atoms with Crippen LogP contribution in [0.5, 0.6) is 5.75 Å². The van der Waals surface area contributed by atoms with E-state index in [4.69, 9.17) is 14.7 Å². The second-order valence-corrected chi connectivity index (χ2v) is 5.91. The summed E-state index contributed by atoms with van der Waals surface area (Å²) in [6, 6.07) is 14.5. The first-order chi connectivity index (χ1) is 12.5. The number of hydrogen-bond donors (Lipinski definition) is 3. The Morgan fingerprint density at radius 1 is 1.04 bits per heavy atom. The highest BCUT2D eigenvalue weighted by atomic mass is 16.6. The molecule has 0 radical (unpaired) electrons. The fourth-order valence-electron chi connectivity index (χ4n) is 2.61. The summed E-state index contributed by atoms with van der Waals surface area (Å²) >= 11 is 0. The topological polar surface area (TPSA) is 120 Å². The normalized spacial score (nSPS) is 25.3. The van der Waals surface area contributed by atoms with E-state index in [0.29, 0.717) is 22.4 Å². The van der Waals surface area contributed by atoms with Crippen LogP contribution in [0.25, 0.3) is 0 Å². The first kappa shape index (κ1) is 18.0. The predicted molar refractivity (Wildman–Crippen MR) is 89.4 cm³/mol. The van der Waals surface area contributed by atoms with Crippen molar-refractivity contribution in [3.63, 3.8) is 0 Å². The highest BCUT2D eigenvalue weighted by Crippen LogP contribution is 2.22. The molecule has 1 aliphatic rings. The van der Waals surface area contributed by atoms with Gasteiger partial charge in [-0.25, -0.2) is 0 Å². The molecule has 1 heterocycles. The van der Waals surface area contributed by atoms with Gasteiger partial charge in [-0.05, 0) is 48.5 Å². The van der Waals surface area contributed by atoms with Gasteiger partial charge in [-0.15, -0.1) is 0 Å². The summed E-state index contributed by atoms with van der Waals surface area (Å²) in [5, 5.41) is 38.1. The molecule has 0 amide bonds. The molecular formula is C19H17NO6. The van der Waals surface area contributed by atoms with Crippen molar-refractivity contribution in [2.75, 3.05) is 6.61 Å². The number of ether oxygens (including phenoxy) is 2. The van der Waals surface area contributed by atoms with Gasteiger partial charge in [-0.3, -0.25) is 4.79 Å². The lowest BCUT2D eigenvalue weighted by atomic mass is 10.0. The summed E-state index contributed by atoms with van der Waals surface area (Å²) in [6.07, 6.45) is -4.95. The number of ketones is 1. The van der Waals surface area contributed by atoms with Crippen LogP contribution in [0.2, 0.25) is 0 Å². The summed E-state index contributed by atoms with van der Waals surface area (Å²) in [5.74, 6) is 0.0970. The smallest absolute Gasteiger partial charge is 0.195 e. The van der Waals surface area contributed by atoms with E-state index in [9.17, 15) is 20.1 Å². The van der Waals surface area contributed by atoms with Gasteiger partial charge >= 0.3 is 0 Å². The molecule has 7 heteroatoms. The van der Waals surface area contributed by atoms with Crippen LogP contribution in [0.1, 0.15) is 21.5 Å². The Morgan fingerprint density at radius 2 is 1.62 bits per heavy atom. The van der Waals surface area contributed by atoms with Crippen LogP contribution >= 0.6 is 0 Å². The minimum atomic E-state index is -1.37. The molecule has 0 spiro atoms. The van der Waals surface area contributed by atoms with Crippen LogP contribution in [-0.2, 0) is 4.74 Å². The molecule has 1 fully saturated rings. The van der Waals surface area contributed by atoms with E-state index in [1.165, 1.54) is 12.1 Å². The first-order valence-corrected chi connectivity index (χ1v) is 7.97. The summed E-state index contributed by atoms with van der Waals surface area (Å²) in [5.41, 5.74) is 1.34. The molecule has 4 atom stereocenters. The molecule has 1 saturated heterocycles. The average Bonchev–Trinajstić information content (AvgIpc) is 2.68. The molecule has 1 aliphatic heterocycles. The number of nitriles is 1. The largest absolute Gasteiger partial charge is 0.482 e. The van der Waals surface area contributed by atoms with Crippen LogP contribution in [0, 0.1) is 11.3 Å². The Morgan fingerprint density at radius 3 is 2.19 bits per heavy atom. The van der Waals surface area contributed by atoms with Gasteiger partial charge in [0.15, 0.2) is 18.2 Å². The maximum Gasteiger partial charge on any atom is 0.195 e. The molecule has 134 valence electrons. The first-order valence-electron chi connectivity index (χ1n) is 7.97. The Balaban J connectivity index is 1.71. The minimum Gasteiger partial charge on any atom is -0.482 e. The maximum absolute atomic E-state index is 12.4. The summed E-state index contributed by atoms with van der Waals surface area (Å²) in [6.45, 7) is -0.180. The second kappa shape index (κ2) is 7.64. The van der Waals surface area contributed by atoms with Crippen LogP contribution in [0.4, 0.5) is 0 Å². The van der Waals surface area contributed by atoms with Crippen LogP contribution in [0.3, 0.4) is 0 Å². The highest BCUT2D eigenvalue weighted by Gasteiger charge is 2.39. The van der Waals surface area contributed by atoms with E-state index < -0.39 is 24.6 Å². The van der Waals surface area contributed by atoms with Crippen molar-refractivity contribution in [2.45, 2.75) is 24.6 Å². The zero-order valence-electron chi connectivity index (χ0n) is 13.6. The van der Waals surface area contributed by atoms with Gasteiger partial charge in [0.2, 0.25) is 0 Å². The third kappa shape index (κ3) is 3.74. The number of aliphatic hydroxyl groups is 3. The summed E-state index contributed by atoms with van der Waals surface area (Å²) < 4.78 is 10.4. The third-order valence-corrected chi connectivity index (χ3v) is 4.11. The van der Waals surface area contributed by atoms with Crippen molar-refractivity contribution in [3.05, 3.63) is 65.2 Å². The number of rotatable bonds is 4. The number of aliphatic hydroxyl groups excluding tert-OH is 3. The molecule has 3 N–H and O–H groups in total. The van der Waals surface area contributed by atoms with Crippen molar-refractivity contribution < 1.29 is 29.6 Å². The maximum atomic E-state index is 12.4. The minimum absolute atomic E-state index is 0.180. The molecule has 0 saturated carbocycles. The lowest BCUT2D eigenvalue weighted by Crippen LogP contribution is -2.55. The molecule has 0 aromatic heterocycles. The fraction of sp³-hybridized carbons (Fsp3) is 0.263. The molecule has 26 heavy (non-hydrogen) atoms. The van der Waals surface area contributed by atoms with Crippen LogP contribution in [0.15, 0.2) is 48.5 Å². The Bertz CT molecular complexity index is 811. The van der Waals surface area contributed by atoms with Gasteiger partial charge in [0.1, 0.15) is 18.0 Å². The number of hydrogen-bond acceptors (Lipinski definition) is 7.